The third-order valence-corrected chi connectivity index (χ3v) is 5.69. The zero-order valence-electron chi connectivity index (χ0n) is 13.2. The summed E-state index contributed by atoms with van der Waals surface area (Å²) in [6.07, 6.45) is 6.97. The SMILES string of the molecule is CN1CCC(c2ccccc2N(C)C)(C2CCC2)CC1. The van der Waals surface area contributed by atoms with Crippen molar-refractivity contribution in [3.05, 3.63) is 29.8 Å². The Morgan fingerprint density at radius 2 is 1.75 bits per heavy atom. The van der Waals surface area contributed by atoms with Crippen LogP contribution in [0, 0.1) is 5.92 Å². The maximum Gasteiger partial charge on any atom is 0.0399 e. The van der Waals surface area contributed by atoms with E-state index in [4.69, 9.17) is 0 Å². The van der Waals surface area contributed by atoms with E-state index in [-0.39, 0.29) is 0 Å². The van der Waals surface area contributed by atoms with Crippen LogP contribution in [-0.2, 0) is 5.41 Å². The predicted octanol–water partition coefficient (Wildman–Crippen LogP) is 3.52. The third kappa shape index (κ3) is 2.24. The van der Waals surface area contributed by atoms with Gasteiger partial charge in [0.15, 0.2) is 0 Å². The second-order valence-corrected chi connectivity index (χ2v) is 7.00. The van der Waals surface area contributed by atoms with Gasteiger partial charge >= 0.3 is 0 Å². The molecule has 1 saturated carbocycles. The fourth-order valence-corrected chi connectivity index (χ4v) is 4.16. The van der Waals surface area contributed by atoms with Gasteiger partial charge in [-0.2, -0.15) is 0 Å². The summed E-state index contributed by atoms with van der Waals surface area (Å²) in [4.78, 5) is 4.79. The van der Waals surface area contributed by atoms with Gasteiger partial charge in [0.1, 0.15) is 0 Å². The molecule has 2 nitrogen and oxygen atoms in total. The first-order valence-corrected chi connectivity index (χ1v) is 8.09. The van der Waals surface area contributed by atoms with Crippen LogP contribution in [0.4, 0.5) is 5.69 Å². The van der Waals surface area contributed by atoms with Gasteiger partial charge in [-0.3, -0.25) is 0 Å². The van der Waals surface area contributed by atoms with E-state index in [9.17, 15) is 0 Å². The van der Waals surface area contributed by atoms with Crippen molar-refractivity contribution in [1.82, 2.24) is 4.90 Å². The number of nitrogens with zero attached hydrogens (tertiary/aromatic N) is 2. The molecular formula is C18H28N2. The van der Waals surface area contributed by atoms with E-state index < -0.39 is 0 Å². The molecular weight excluding hydrogens is 244 g/mol. The molecule has 1 heterocycles. The fraction of sp³-hybridized carbons (Fsp3) is 0.667. The highest BCUT2D eigenvalue weighted by Crippen LogP contribution is 2.52. The molecule has 1 aliphatic heterocycles. The first-order valence-electron chi connectivity index (χ1n) is 8.09. The maximum absolute atomic E-state index is 2.50. The summed E-state index contributed by atoms with van der Waals surface area (Å²) in [5, 5.41) is 0. The first-order chi connectivity index (χ1) is 9.63. The monoisotopic (exact) mass is 272 g/mol. The Bertz CT molecular complexity index is 454. The van der Waals surface area contributed by atoms with Crippen molar-refractivity contribution < 1.29 is 0 Å². The van der Waals surface area contributed by atoms with Gasteiger partial charge in [-0.25, -0.2) is 0 Å². The molecule has 0 bridgehead atoms. The second-order valence-electron chi connectivity index (χ2n) is 7.00. The minimum absolute atomic E-state index is 0.436. The molecule has 0 unspecified atom stereocenters. The number of anilines is 1. The lowest BCUT2D eigenvalue weighted by atomic mass is 9.57. The van der Waals surface area contributed by atoms with Crippen LogP contribution in [0.25, 0.3) is 0 Å². The number of piperidine rings is 1. The minimum Gasteiger partial charge on any atom is -0.377 e. The Morgan fingerprint density at radius 3 is 2.30 bits per heavy atom. The lowest BCUT2D eigenvalue weighted by Gasteiger charge is -2.51. The lowest BCUT2D eigenvalue weighted by Crippen LogP contribution is -2.48. The summed E-state index contributed by atoms with van der Waals surface area (Å²) < 4.78 is 0. The Morgan fingerprint density at radius 1 is 1.10 bits per heavy atom. The fourth-order valence-electron chi connectivity index (χ4n) is 4.16. The van der Waals surface area contributed by atoms with E-state index in [1.54, 1.807) is 5.56 Å². The molecule has 0 atom stereocenters. The molecule has 1 saturated heterocycles. The minimum atomic E-state index is 0.436. The molecule has 2 fully saturated rings. The number of hydrogen-bond acceptors (Lipinski definition) is 2. The van der Waals surface area contributed by atoms with E-state index in [2.05, 4.69) is 55.2 Å². The van der Waals surface area contributed by atoms with Gasteiger partial charge in [0, 0.05) is 25.2 Å². The van der Waals surface area contributed by atoms with Crippen LogP contribution in [0.3, 0.4) is 0 Å². The van der Waals surface area contributed by atoms with Crippen molar-refractivity contribution in [2.45, 2.75) is 37.5 Å². The number of benzene rings is 1. The summed E-state index contributed by atoms with van der Waals surface area (Å²) >= 11 is 0. The second kappa shape index (κ2) is 5.40. The first kappa shape index (κ1) is 13.9. The highest BCUT2D eigenvalue weighted by molar-refractivity contribution is 5.56. The van der Waals surface area contributed by atoms with Crippen LogP contribution in [0.15, 0.2) is 24.3 Å². The molecule has 110 valence electrons. The number of para-hydroxylation sites is 1. The van der Waals surface area contributed by atoms with Crippen LogP contribution in [0.1, 0.15) is 37.7 Å². The number of likely N-dealkylation sites (tertiary alicyclic amines) is 1. The molecule has 0 amide bonds. The summed E-state index contributed by atoms with van der Waals surface area (Å²) in [7, 11) is 6.63. The van der Waals surface area contributed by atoms with Crippen LogP contribution < -0.4 is 4.90 Å². The standard InChI is InChI=1S/C18H28N2/c1-19(2)17-10-5-4-9-16(17)18(15-7-6-8-15)11-13-20(3)14-12-18/h4-5,9-10,15H,6-8,11-14H2,1-3H3. The molecule has 2 heteroatoms. The van der Waals surface area contributed by atoms with Gasteiger partial charge in [0.05, 0.1) is 0 Å². The molecule has 0 aromatic heterocycles. The van der Waals surface area contributed by atoms with Gasteiger partial charge in [-0.05, 0) is 63.4 Å². The zero-order valence-corrected chi connectivity index (χ0v) is 13.2. The number of rotatable bonds is 3. The van der Waals surface area contributed by atoms with Gasteiger partial charge < -0.3 is 9.80 Å². The highest BCUT2D eigenvalue weighted by atomic mass is 15.1. The average molecular weight is 272 g/mol. The molecule has 0 N–H and O–H groups in total. The van der Waals surface area contributed by atoms with Crippen LogP contribution >= 0.6 is 0 Å². The Balaban J connectivity index is 2.01. The predicted molar refractivity (Wildman–Crippen MR) is 86.5 cm³/mol. The zero-order chi connectivity index (χ0) is 14.2. The van der Waals surface area contributed by atoms with Crippen molar-refractivity contribution in [2.75, 3.05) is 39.1 Å². The lowest BCUT2D eigenvalue weighted by molar-refractivity contribution is 0.0840. The quantitative estimate of drug-likeness (QED) is 0.831. The van der Waals surface area contributed by atoms with E-state index >= 15 is 0 Å². The van der Waals surface area contributed by atoms with Gasteiger partial charge in [0.25, 0.3) is 0 Å². The molecule has 1 aliphatic carbocycles. The smallest absolute Gasteiger partial charge is 0.0399 e. The topological polar surface area (TPSA) is 6.48 Å². The maximum atomic E-state index is 2.50. The van der Waals surface area contributed by atoms with E-state index in [0.29, 0.717) is 5.41 Å². The Labute approximate surface area is 123 Å². The summed E-state index contributed by atoms with van der Waals surface area (Å²) in [5.74, 6) is 0.914. The highest BCUT2D eigenvalue weighted by Gasteiger charge is 2.45. The number of hydrogen-bond donors (Lipinski definition) is 0. The summed E-state index contributed by atoms with van der Waals surface area (Å²) in [6.45, 7) is 2.50. The average Bonchev–Trinajstić information content (AvgIpc) is 2.39. The van der Waals surface area contributed by atoms with Crippen LogP contribution in [0.2, 0.25) is 0 Å². The molecule has 1 aromatic carbocycles. The van der Waals surface area contributed by atoms with E-state index in [1.807, 2.05) is 0 Å². The molecule has 3 rings (SSSR count). The Hall–Kier alpha value is -1.02. The van der Waals surface area contributed by atoms with E-state index in [1.165, 1.54) is 50.9 Å². The van der Waals surface area contributed by atoms with Crippen molar-refractivity contribution in [3.8, 4) is 0 Å². The van der Waals surface area contributed by atoms with Crippen molar-refractivity contribution in [1.29, 1.82) is 0 Å². The van der Waals surface area contributed by atoms with Crippen molar-refractivity contribution in [3.63, 3.8) is 0 Å². The third-order valence-electron chi connectivity index (χ3n) is 5.69. The molecule has 1 aromatic rings. The molecule has 0 spiro atoms. The summed E-state index contributed by atoms with van der Waals surface area (Å²) in [5.41, 5.74) is 3.48. The van der Waals surface area contributed by atoms with Crippen molar-refractivity contribution in [2.24, 2.45) is 5.92 Å². The van der Waals surface area contributed by atoms with Gasteiger partial charge in [-0.1, -0.05) is 24.6 Å². The molecule has 20 heavy (non-hydrogen) atoms. The largest absolute Gasteiger partial charge is 0.377 e. The normalized spacial score (nSPS) is 23.4. The summed E-state index contributed by atoms with van der Waals surface area (Å²) in [6, 6.07) is 9.12. The van der Waals surface area contributed by atoms with Crippen molar-refractivity contribution >= 4 is 5.69 Å². The molecule has 0 radical (unpaired) electrons. The molecule has 2 aliphatic rings. The Kier molecular flexibility index (Phi) is 3.76. The van der Waals surface area contributed by atoms with Crippen LogP contribution in [-0.4, -0.2) is 39.1 Å². The van der Waals surface area contributed by atoms with Gasteiger partial charge in [-0.15, -0.1) is 0 Å². The van der Waals surface area contributed by atoms with E-state index in [0.717, 1.165) is 5.92 Å². The van der Waals surface area contributed by atoms with Crippen LogP contribution in [0.5, 0.6) is 0 Å². The van der Waals surface area contributed by atoms with Gasteiger partial charge in [0.2, 0.25) is 0 Å².